The fourth-order valence-corrected chi connectivity index (χ4v) is 2.33. The van der Waals surface area contributed by atoms with E-state index in [1.807, 2.05) is 24.3 Å². The molecule has 8 heteroatoms. The fourth-order valence-electron chi connectivity index (χ4n) is 2.33. The zero-order valence-electron chi connectivity index (χ0n) is 13.9. The van der Waals surface area contributed by atoms with Crippen molar-refractivity contribution >= 4 is 5.82 Å². The Hall–Kier alpha value is -2.45. The van der Waals surface area contributed by atoms with Crippen molar-refractivity contribution in [3.63, 3.8) is 0 Å². The van der Waals surface area contributed by atoms with E-state index in [2.05, 4.69) is 15.4 Å². The lowest BCUT2D eigenvalue weighted by atomic mass is 10.2. The highest BCUT2D eigenvalue weighted by molar-refractivity contribution is 5.33. The van der Waals surface area contributed by atoms with E-state index in [1.54, 1.807) is 7.11 Å². The molecular weight excluding hydrogens is 329 g/mol. The molecule has 1 aromatic carbocycles. The number of halogens is 1. The molecule has 1 aliphatic heterocycles. The van der Waals surface area contributed by atoms with Crippen molar-refractivity contribution in [2.45, 2.75) is 32.2 Å². The lowest BCUT2D eigenvalue weighted by Gasteiger charge is -2.22. The molecule has 1 atom stereocenters. The molecule has 0 amide bonds. The van der Waals surface area contributed by atoms with Crippen LogP contribution in [0.5, 0.6) is 11.8 Å². The van der Waals surface area contributed by atoms with Gasteiger partial charge in [0.15, 0.2) is 17.9 Å². The normalized spacial score (nSPS) is 17.1. The second-order valence-corrected chi connectivity index (χ2v) is 5.51. The number of rotatable bonds is 7. The highest BCUT2D eigenvalue weighted by Crippen LogP contribution is 2.19. The summed E-state index contributed by atoms with van der Waals surface area (Å²) in [7, 11) is 1.59. The first-order chi connectivity index (χ1) is 12.2. The smallest absolute Gasteiger partial charge is 0.318 e. The third kappa shape index (κ3) is 5.01. The minimum Gasteiger partial charge on any atom is -0.497 e. The van der Waals surface area contributed by atoms with E-state index < -0.39 is 12.1 Å². The number of methoxy groups -OCH3 is 1. The topological polar surface area (TPSA) is 74.7 Å². The van der Waals surface area contributed by atoms with Crippen LogP contribution in [0.4, 0.5) is 10.2 Å². The quantitative estimate of drug-likeness (QED) is 0.770. The Morgan fingerprint density at radius 2 is 2.28 bits per heavy atom. The largest absolute Gasteiger partial charge is 0.497 e. The second kappa shape index (κ2) is 8.59. The summed E-state index contributed by atoms with van der Waals surface area (Å²) in [6.07, 6.45) is 3.38. The molecule has 1 fully saturated rings. The van der Waals surface area contributed by atoms with Gasteiger partial charge in [0.2, 0.25) is 0 Å². The highest BCUT2D eigenvalue weighted by atomic mass is 19.1. The molecule has 134 valence electrons. The molecule has 7 nitrogen and oxygen atoms in total. The number of aromatic nitrogens is 2. The van der Waals surface area contributed by atoms with Crippen molar-refractivity contribution < 1.29 is 23.4 Å². The van der Waals surface area contributed by atoms with Crippen LogP contribution in [0.1, 0.15) is 24.8 Å². The lowest BCUT2D eigenvalue weighted by Crippen LogP contribution is -2.25. The molecule has 1 N–H and O–H groups in total. The van der Waals surface area contributed by atoms with Crippen molar-refractivity contribution in [2.24, 2.45) is 0 Å². The van der Waals surface area contributed by atoms with Crippen LogP contribution in [0.15, 0.2) is 30.5 Å². The van der Waals surface area contributed by atoms with Crippen LogP contribution in [0, 0.1) is 5.82 Å². The van der Waals surface area contributed by atoms with Crippen LogP contribution < -0.4 is 15.0 Å². The van der Waals surface area contributed by atoms with Gasteiger partial charge in [0.25, 0.3) is 0 Å². The van der Waals surface area contributed by atoms with Gasteiger partial charge in [-0.3, -0.25) is 0 Å². The van der Waals surface area contributed by atoms with E-state index in [-0.39, 0.29) is 18.4 Å². The number of hydrogen-bond donors (Lipinski definition) is 1. The molecule has 3 rings (SSSR count). The van der Waals surface area contributed by atoms with E-state index in [4.69, 9.17) is 19.0 Å². The maximum atomic E-state index is 13.8. The molecule has 25 heavy (non-hydrogen) atoms. The van der Waals surface area contributed by atoms with E-state index in [9.17, 15) is 4.39 Å². The van der Waals surface area contributed by atoms with Gasteiger partial charge in [-0.15, -0.1) is 0 Å². The van der Waals surface area contributed by atoms with Crippen LogP contribution >= 0.6 is 0 Å². The molecule has 0 bridgehead atoms. The molecule has 2 aromatic rings. The summed E-state index contributed by atoms with van der Waals surface area (Å²) in [5, 5.41) is 0. The lowest BCUT2D eigenvalue weighted by molar-refractivity contribution is -0.146. The van der Waals surface area contributed by atoms with Crippen LogP contribution in [-0.2, 0) is 16.2 Å². The van der Waals surface area contributed by atoms with E-state index in [1.165, 1.54) is 0 Å². The Kier molecular flexibility index (Phi) is 5.97. The molecule has 0 saturated carbocycles. The maximum absolute atomic E-state index is 13.8. The van der Waals surface area contributed by atoms with Crippen molar-refractivity contribution in [3.05, 3.63) is 41.8 Å². The maximum Gasteiger partial charge on any atom is 0.318 e. The van der Waals surface area contributed by atoms with E-state index in [0.29, 0.717) is 6.61 Å². The third-order valence-corrected chi connectivity index (χ3v) is 3.65. The summed E-state index contributed by atoms with van der Waals surface area (Å²) in [4.78, 5) is 13.1. The summed E-state index contributed by atoms with van der Waals surface area (Å²) in [5.74, 6) is -0.00119. The number of ether oxygens (including phenoxy) is 3. The number of nitrogens with zero attached hydrogens (tertiary/aromatic N) is 2. The minimum atomic E-state index is -0.635. The predicted molar refractivity (Wildman–Crippen MR) is 87.6 cm³/mol. The minimum absolute atomic E-state index is 0.0416. The zero-order valence-corrected chi connectivity index (χ0v) is 13.9. The summed E-state index contributed by atoms with van der Waals surface area (Å²) in [6, 6.07) is 7.46. The molecule has 1 aliphatic rings. The Labute approximate surface area is 145 Å². The van der Waals surface area contributed by atoms with Gasteiger partial charge in [-0.05, 0) is 30.5 Å². The SMILES string of the molecule is COc1cccc(COc2ncc(F)c(NOC3CCCCO3)n2)c1. The molecule has 0 spiro atoms. The Morgan fingerprint density at radius 1 is 1.36 bits per heavy atom. The first-order valence-corrected chi connectivity index (χ1v) is 8.06. The van der Waals surface area contributed by atoms with Gasteiger partial charge < -0.3 is 14.2 Å². The molecule has 0 aliphatic carbocycles. The average molecular weight is 349 g/mol. The average Bonchev–Trinajstić information content (AvgIpc) is 2.67. The van der Waals surface area contributed by atoms with Crippen LogP contribution in [-0.4, -0.2) is 30.0 Å². The highest BCUT2D eigenvalue weighted by Gasteiger charge is 2.16. The van der Waals surface area contributed by atoms with Crippen molar-refractivity contribution in [1.29, 1.82) is 0 Å². The Morgan fingerprint density at radius 3 is 3.08 bits per heavy atom. The van der Waals surface area contributed by atoms with Gasteiger partial charge in [-0.25, -0.2) is 19.7 Å². The first-order valence-electron chi connectivity index (χ1n) is 8.06. The predicted octanol–water partition coefficient (Wildman–Crippen LogP) is 3.07. The van der Waals surface area contributed by atoms with Gasteiger partial charge in [-0.2, -0.15) is 4.98 Å². The van der Waals surface area contributed by atoms with Gasteiger partial charge in [0.05, 0.1) is 13.3 Å². The molecule has 1 aromatic heterocycles. The second-order valence-electron chi connectivity index (χ2n) is 5.51. The number of benzene rings is 1. The van der Waals surface area contributed by atoms with Crippen LogP contribution in [0.3, 0.4) is 0 Å². The Bertz CT molecular complexity index is 695. The zero-order chi connectivity index (χ0) is 17.5. The van der Waals surface area contributed by atoms with Gasteiger partial charge >= 0.3 is 6.01 Å². The van der Waals surface area contributed by atoms with E-state index in [0.717, 1.165) is 36.8 Å². The standard InChI is InChI=1S/C17H20FN3O4/c1-22-13-6-4-5-12(9-13)11-24-17-19-10-14(18)16(20-17)21-25-15-7-2-3-8-23-15/h4-6,9-10,15H,2-3,7-8,11H2,1H3,(H,19,20,21). The number of hydrogen-bond acceptors (Lipinski definition) is 7. The first kappa shape index (κ1) is 17.4. The van der Waals surface area contributed by atoms with Crippen molar-refractivity contribution in [1.82, 2.24) is 9.97 Å². The summed E-state index contributed by atoms with van der Waals surface area (Å²) < 4.78 is 29.9. The Balaban J connectivity index is 1.58. The number of anilines is 1. The number of nitrogens with one attached hydrogen (secondary N) is 1. The summed E-state index contributed by atoms with van der Waals surface area (Å²) in [6.45, 7) is 0.863. The van der Waals surface area contributed by atoms with Crippen LogP contribution in [0.25, 0.3) is 0 Å². The summed E-state index contributed by atoms with van der Waals surface area (Å²) in [5.41, 5.74) is 3.37. The van der Waals surface area contributed by atoms with Gasteiger partial charge in [-0.1, -0.05) is 12.1 Å². The van der Waals surface area contributed by atoms with Crippen molar-refractivity contribution in [2.75, 3.05) is 19.2 Å². The molecule has 1 unspecified atom stereocenters. The molecule has 0 radical (unpaired) electrons. The molecular formula is C17H20FN3O4. The molecule has 1 saturated heterocycles. The van der Waals surface area contributed by atoms with Crippen LogP contribution in [0.2, 0.25) is 0 Å². The summed E-state index contributed by atoms with van der Waals surface area (Å²) >= 11 is 0. The monoisotopic (exact) mass is 349 g/mol. The van der Waals surface area contributed by atoms with E-state index >= 15 is 0 Å². The van der Waals surface area contributed by atoms with Gasteiger partial charge in [0, 0.05) is 13.0 Å². The molecule has 2 heterocycles. The van der Waals surface area contributed by atoms with Crippen molar-refractivity contribution in [3.8, 4) is 11.8 Å². The fraction of sp³-hybridized carbons (Fsp3) is 0.412. The third-order valence-electron chi connectivity index (χ3n) is 3.65. The van der Waals surface area contributed by atoms with Gasteiger partial charge in [0.1, 0.15) is 12.4 Å².